The second-order valence-corrected chi connectivity index (χ2v) is 7.08. The minimum atomic E-state index is -0.666. The number of tetrazole rings is 1. The Morgan fingerprint density at radius 1 is 1.22 bits per heavy atom. The number of benzene rings is 1. The summed E-state index contributed by atoms with van der Waals surface area (Å²) in [6.07, 6.45) is 0.507. The van der Waals surface area contributed by atoms with Gasteiger partial charge in [0.2, 0.25) is 11.1 Å². The van der Waals surface area contributed by atoms with Crippen molar-refractivity contribution >= 4 is 23.6 Å². The number of nitrogens with zero attached hydrogens (tertiary/aromatic N) is 4. The summed E-state index contributed by atoms with van der Waals surface area (Å²) >= 11 is 1.18. The maximum Gasteiger partial charge on any atom is 0.328 e. The van der Waals surface area contributed by atoms with Gasteiger partial charge in [-0.2, -0.15) is 4.68 Å². The molecule has 0 aliphatic heterocycles. The highest BCUT2D eigenvalue weighted by Gasteiger charge is 2.23. The third-order valence-corrected chi connectivity index (χ3v) is 4.54. The fraction of sp³-hybridized carbons (Fsp3) is 0.471. The van der Waals surface area contributed by atoms with E-state index in [0.29, 0.717) is 11.6 Å². The summed E-state index contributed by atoms with van der Waals surface area (Å²) in [6.45, 7) is 3.94. The molecule has 0 radical (unpaired) electrons. The lowest BCUT2D eigenvalue weighted by atomic mass is 10.0. The van der Waals surface area contributed by atoms with Crippen molar-refractivity contribution in [1.29, 1.82) is 0 Å². The van der Waals surface area contributed by atoms with Crippen molar-refractivity contribution in [3.63, 3.8) is 0 Å². The van der Waals surface area contributed by atoms with Crippen LogP contribution in [0.2, 0.25) is 0 Å². The molecule has 1 amide bonds. The number of esters is 1. The first-order valence-corrected chi connectivity index (χ1v) is 9.36. The first-order chi connectivity index (χ1) is 12.9. The van der Waals surface area contributed by atoms with Gasteiger partial charge in [-0.3, -0.25) is 4.79 Å². The van der Waals surface area contributed by atoms with Crippen LogP contribution in [-0.4, -0.2) is 58.1 Å². The summed E-state index contributed by atoms with van der Waals surface area (Å²) in [4.78, 5) is 24.1. The minimum absolute atomic E-state index is 0.0715. The molecule has 2 rings (SSSR count). The van der Waals surface area contributed by atoms with Crippen molar-refractivity contribution in [2.75, 3.05) is 20.0 Å². The van der Waals surface area contributed by atoms with Crippen molar-refractivity contribution in [2.45, 2.75) is 31.5 Å². The molecule has 0 bridgehead atoms. The molecule has 10 heteroatoms. The van der Waals surface area contributed by atoms with Gasteiger partial charge in [0.1, 0.15) is 11.8 Å². The third-order valence-electron chi connectivity index (χ3n) is 3.62. The van der Waals surface area contributed by atoms with Crippen LogP contribution in [-0.2, 0) is 14.3 Å². The number of hydrogen-bond donors (Lipinski definition) is 1. The molecule has 2 aromatic rings. The summed E-state index contributed by atoms with van der Waals surface area (Å²) < 4.78 is 11.4. The molecule has 0 aliphatic carbocycles. The molecule has 0 fully saturated rings. The molecule has 0 aliphatic rings. The Hall–Kier alpha value is -2.62. The van der Waals surface area contributed by atoms with Gasteiger partial charge in [0, 0.05) is 0 Å². The zero-order valence-corrected chi connectivity index (χ0v) is 16.5. The number of carbonyl (C=O) groups excluding carboxylic acids is 2. The van der Waals surface area contributed by atoms with Crippen molar-refractivity contribution in [1.82, 2.24) is 25.5 Å². The van der Waals surface area contributed by atoms with Crippen LogP contribution in [0.5, 0.6) is 5.75 Å². The molecule has 0 spiro atoms. The molecule has 0 saturated carbocycles. The van der Waals surface area contributed by atoms with E-state index in [1.54, 1.807) is 19.2 Å². The van der Waals surface area contributed by atoms with Gasteiger partial charge in [-0.15, -0.1) is 5.10 Å². The van der Waals surface area contributed by atoms with Crippen LogP contribution in [0.15, 0.2) is 29.4 Å². The Balaban J connectivity index is 1.99. The molecular formula is C17H23N5O4S. The van der Waals surface area contributed by atoms with Crippen LogP contribution in [0, 0.1) is 5.92 Å². The topological polar surface area (TPSA) is 108 Å². The van der Waals surface area contributed by atoms with Gasteiger partial charge in [-0.25, -0.2) is 4.79 Å². The van der Waals surface area contributed by atoms with Crippen LogP contribution < -0.4 is 10.1 Å². The lowest BCUT2D eigenvalue weighted by molar-refractivity contribution is -0.145. The van der Waals surface area contributed by atoms with E-state index in [1.807, 2.05) is 26.0 Å². The summed E-state index contributed by atoms with van der Waals surface area (Å²) in [5.74, 6) is 0.288. The molecule has 1 aromatic heterocycles. The number of nitrogens with one attached hydrogen (secondary N) is 1. The summed E-state index contributed by atoms with van der Waals surface area (Å²) in [5, 5.41) is 14.7. The molecule has 1 atom stereocenters. The van der Waals surface area contributed by atoms with E-state index in [1.165, 1.54) is 23.6 Å². The number of ether oxygens (including phenoxy) is 2. The van der Waals surface area contributed by atoms with Crippen LogP contribution in [0.1, 0.15) is 20.3 Å². The molecule has 146 valence electrons. The normalized spacial score (nSPS) is 11.9. The maximum atomic E-state index is 12.2. The smallest absolute Gasteiger partial charge is 0.328 e. The van der Waals surface area contributed by atoms with E-state index in [9.17, 15) is 9.59 Å². The minimum Gasteiger partial charge on any atom is -0.497 e. The highest BCUT2D eigenvalue weighted by Crippen LogP contribution is 2.20. The van der Waals surface area contributed by atoms with E-state index < -0.39 is 12.0 Å². The van der Waals surface area contributed by atoms with Gasteiger partial charge >= 0.3 is 5.97 Å². The Morgan fingerprint density at radius 2 is 1.93 bits per heavy atom. The van der Waals surface area contributed by atoms with Gasteiger partial charge in [0.15, 0.2) is 0 Å². The molecule has 27 heavy (non-hydrogen) atoms. The SMILES string of the molecule is COC(=O)[C@@H](CC(C)C)NC(=O)CSc1nnnn1-c1ccc(OC)cc1. The predicted octanol–water partition coefficient (Wildman–Crippen LogP) is 1.47. The lowest BCUT2D eigenvalue weighted by Gasteiger charge is -2.18. The quantitative estimate of drug-likeness (QED) is 0.504. The summed E-state index contributed by atoms with van der Waals surface area (Å²) in [6, 6.07) is 6.56. The zero-order chi connectivity index (χ0) is 19.8. The van der Waals surface area contributed by atoms with Gasteiger partial charge in [0.25, 0.3) is 0 Å². The van der Waals surface area contributed by atoms with Gasteiger partial charge in [-0.05, 0) is 47.0 Å². The number of aromatic nitrogens is 4. The van der Waals surface area contributed by atoms with E-state index in [2.05, 4.69) is 20.8 Å². The number of rotatable bonds is 9. The van der Waals surface area contributed by atoms with Crippen molar-refractivity contribution in [2.24, 2.45) is 5.92 Å². The van der Waals surface area contributed by atoms with Gasteiger partial charge in [-0.1, -0.05) is 25.6 Å². The van der Waals surface area contributed by atoms with Crippen LogP contribution in [0.25, 0.3) is 5.69 Å². The number of hydrogen-bond acceptors (Lipinski definition) is 8. The highest BCUT2D eigenvalue weighted by molar-refractivity contribution is 7.99. The average molecular weight is 393 g/mol. The number of carbonyl (C=O) groups is 2. The largest absolute Gasteiger partial charge is 0.497 e. The van der Waals surface area contributed by atoms with E-state index >= 15 is 0 Å². The maximum absolute atomic E-state index is 12.2. The Bertz CT molecular complexity index is 763. The molecule has 0 saturated heterocycles. The van der Waals surface area contributed by atoms with E-state index in [4.69, 9.17) is 9.47 Å². The Labute approximate surface area is 161 Å². The monoisotopic (exact) mass is 393 g/mol. The van der Waals surface area contributed by atoms with Gasteiger partial charge in [0.05, 0.1) is 25.7 Å². The first-order valence-electron chi connectivity index (χ1n) is 8.37. The standard InChI is InChI=1S/C17H23N5O4S/c1-11(2)9-14(16(24)26-4)18-15(23)10-27-17-19-20-21-22(17)12-5-7-13(25-3)8-6-12/h5-8,11,14H,9-10H2,1-4H3,(H,18,23)/t14-/m1/s1. The first kappa shape index (κ1) is 20.7. The number of methoxy groups -OCH3 is 2. The fourth-order valence-corrected chi connectivity index (χ4v) is 3.05. The molecule has 1 heterocycles. The van der Waals surface area contributed by atoms with Crippen LogP contribution in [0.3, 0.4) is 0 Å². The van der Waals surface area contributed by atoms with Crippen molar-refractivity contribution < 1.29 is 19.1 Å². The molecular weight excluding hydrogens is 370 g/mol. The zero-order valence-electron chi connectivity index (χ0n) is 15.7. The number of thioether (sulfide) groups is 1. The fourth-order valence-electron chi connectivity index (χ4n) is 2.35. The van der Waals surface area contributed by atoms with Gasteiger partial charge < -0.3 is 14.8 Å². The second-order valence-electron chi connectivity index (χ2n) is 6.13. The number of amides is 1. The second kappa shape index (κ2) is 9.91. The molecule has 9 nitrogen and oxygen atoms in total. The predicted molar refractivity (Wildman–Crippen MR) is 99.8 cm³/mol. The Kier molecular flexibility index (Phi) is 7.59. The third kappa shape index (κ3) is 5.95. The van der Waals surface area contributed by atoms with E-state index in [0.717, 1.165) is 11.4 Å². The van der Waals surface area contributed by atoms with Crippen LogP contribution in [0.4, 0.5) is 0 Å². The van der Waals surface area contributed by atoms with Crippen molar-refractivity contribution in [3.8, 4) is 11.4 Å². The van der Waals surface area contributed by atoms with E-state index in [-0.39, 0.29) is 17.6 Å². The van der Waals surface area contributed by atoms with Crippen LogP contribution >= 0.6 is 11.8 Å². The highest BCUT2D eigenvalue weighted by atomic mass is 32.2. The lowest BCUT2D eigenvalue weighted by Crippen LogP contribution is -2.43. The summed E-state index contributed by atoms with van der Waals surface area (Å²) in [5.41, 5.74) is 0.746. The average Bonchev–Trinajstić information content (AvgIpc) is 3.13. The molecule has 0 unspecified atom stereocenters. The molecule has 1 N–H and O–H groups in total. The molecule has 1 aromatic carbocycles. The van der Waals surface area contributed by atoms with Crippen molar-refractivity contribution in [3.05, 3.63) is 24.3 Å². The summed E-state index contributed by atoms with van der Waals surface area (Å²) in [7, 11) is 2.90. The Morgan fingerprint density at radius 3 is 2.52 bits per heavy atom.